The molecule has 0 aliphatic rings. The third-order valence-electron chi connectivity index (χ3n) is 2.88. The van der Waals surface area contributed by atoms with E-state index in [1.54, 1.807) is 42.5 Å². The zero-order valence-corrected chi connectivity index (χ0v) is 11.5. The van der Waals surface area contributed by atoms with Crippen molar-refractivity contribution in [3.05, 3.63) is 71.8 Å². The summed E-state index contributed by atoms with van der Waals surface area (Å²) in [5, 5.41) is 0. The highest BCUT2D eigenvalue weighted by molar-refractivity contribution is 6.03. The molecule has 0 spiro atoms. The van der Waals surface area contributed by atoms with Crippen LogP contribution in [0.15, 0.2) is 55.1 Å². The summed E-state index contributed by atoms with van der Waals surface area (Å²) in [5.41, 5.74) is 1.26. The largest absolute Gasteiger partial charge is 0.465 e. The number of esters is 2. The van der Waals surface area contributed by atoms with Gasteiger partial charge in [-0.2, -0.15) is 0 Å². The maximum atomic E-state index is 12.2. The first-order valence-electron chi connectivity index (χ1n) is 6.27. The van der Waals surface area contributed by atoms with Gasteiger partial charge < -0.3 is 9.47 Å². The maximum absolute atomic E-state index is 12.2. The molecule has 0 unspecified atom stereocenters. The Balaban J connectivity index is 2.23. The van der Waals surface area contributed by atoms with Crippen molar-refractivity contribution in [2.24, 2.45) is 0 Å². The average molecular weight is 282 g/mol. The Morgan fingerprint density at radius 1 is 0.952 bits per heavy atom. The van der Waals surface area contributed by atoms with Crippen LogP contribution in [0.5, 0.6) is 5.75 Å². The average Bonchev–Trinajstić information content (AvgIpc) is 2.54. The predicted octanol–water partition coefficient (Wildman–Crippen LogP) is 3.34. The van der Waals surface area contributed by atoms with E-state index in [0.717, 1.165) is 5.56 Å². The molecule has 0 heterocycles. The molecule has 0 saturated carbocycles. The van der Waals surface area contributed by atoms with E-state index < -0.39 is 11.9 Å². The second kappa shape index (κ2) is 6.52. The molecule has 2 rings (SSSR count). The van der Waals surface area contributed by atoms with Crippen LogP contribution in [0.2, 0.25) is 0 Å². The van der Waals surface area contributed by atoms with Gasteiger partial charge in [0.1, 0.15) is 5.75 Å². The van der Waals surface area contributed by atoms with E-state index in [4.69, 9.17) is 4.74 Å². The summed E-state index contributed by atoms with van der Waals surface area (Å²) in [4.78, 5) is 23.8. The predicted molar refractivity (Wildman–Crippen MR) is 79.3 cm³/mol. The lowest BCUT2D eigenvalue weighted by atomic mass is 10.1. The first-order valence-corrected chi connectivity index (χ1v) is 6.27. The van der Waals surface area contributed by atoms with Crippen LogP contribution < -0.4 is 4.74 Å². The lowest BCUT2D eigenvalue weighted by molar-refractivity contribution is 0.0587. The van der Waals surface area contributed by atoms with Crippen molar-refractivity contribution >= 4 is 18.0 Å². The minimum atomic E-state index is -0.609. The van der Waals surface area contributed by atoms with Crippen LogP contribution in [-0.2, 0) is 4.74 Å². The molecule has 0 bridgehead atoms. The second-order valence-electron chi connectivity index (χ2n) is 4.20. The zero-order chi connectivity index (χ0) is 15.2. The van der Waals surface area contributed by atoms with Gasteiger partial charge in [-0.1, -0.05) is 36.9 Å². The van der Waals surface area contributed by atoms with E-state index in [9.17, 15) is 9.59 Å². The lowest BCUT2D eigenvalue weighted by Crippen LogP contribution is -2.15. The van der Waals surface area contributed by atoms with Crippen molar-refractivity contribution in [2.45, 2.75) is 0 Å². The molecular formula is C17H14O4. The van der Waals surface area contributed by atoms with Gasteiger partial charge >= 0.3 is 11.9 Å². The Morgan fingerprint density at radius 2 is 1.52 bits per heavy atom. The lowest BCUT2D eigenvalue weighted by Gasteiger charge is -2.08. The number of benzene rings is 2. The van der Waals surface area contributed by atoms with Gasteiger partial charge in [0, 0.05) is 0 Å². The number of ether oxygens (including phenoxy) is 2. The zero-order valence-electron chi connectivity index (χ0n) is 11.5. The second-order valence-corrected chi connectivity index (χ2v) is 4.20. The third kappa shape index (κ3) is 3.36. The number of methoxy groups -OCH3 is 1. The van der Waals surface area contributed by atoms with Crippen LogP contribution in [0, 0.1) is 0 Å². The van der Waals surface area contributed by atoms with Gasteiger partial charge in [-0.15, -0.1) is 0 Å². The van der Waals surface area contributed by atoms with Crippen molar-refractivity contribution in [3.63, 3.8) is 0 Å². The number of hydrogen-bond acceptors (Lipinski definition) is 4. The van der Waals surface area contributed by atoms with Crippen molar-refractivity contribution in [2.75, 3.05) is 7.11 Å². The van der Waals surface area contributed by atoms with Crippen molar-refractivity contribution in [1.29, 1.82) is 0 Å². The molecule has 0 aromatic heterocycles. The van der Waals surface area contributed by atoms with Gasteiger partial charge in [0.15, 0.2) is 0 Å². The summed E-state index contributed by atoms with van der Waals surface area (Å²) in [6, 6.07) is 13.2. The van der Waals surface area contributed by atoms with Crippen molar-refractivity contribution in [3.8, 4) is 5.75 Å². The monoisotopic (exact) mass is 282 g/mol. The van der Waals surface area contributed by atoms with Crippen LogP contribution in [0.4, 0.5) is 0 Å². The molecule has 0 radical (unpaired) electrons. The van der Waals surface area contributed by atoms with Gasteiger partial charge in [-0.05, 0) is 29.8 Å². The van der Waals surface area contributed by atoms with Crippen molar-refractivity contribution in [1.82, 2.24) is 0 Å². The molecule has 4 heteroatoms. The van der Waals surface area contributed by atoms with E-state index in [0.29, 0.717) is 5.75 Å². The van der Waals surface area contributed by atoms with E-state index in [1.807, 2.05) is 0 Å². The Bertz CT molecular complexity index is 671. The van der Waals surface area contributed by atoms with Crippen LogP contribution in [0.3, 0.4) is 0 Å². The Morgan fingerprint density at radius 3 is 2.05 bits per heavy atom. The van der Waals surface area contributed by atoms with E-state index in [-0.39, 0.29) is 11.1 Å². The normalized spacial score (nSPS) is 9.76. The summed E-state index contributed by atoms with van der Waals surface area (Å²) in [6.45, 7) is 3.65. The Kier molecular flexibility index (Phi) is 4.51. The number of carbonyl (C=O) groups excluding carboxylic acids is 2. The van der Waals surface area contributed by atoms with Crippen LogP contribution >= 0.6 is 0 Å². The minimum Gasteiger partial charge on any atom is -0.465 e. The molecule has 0 N–H and O–H groups in total. The quantitative estimate of drug-likeness (QED) is 0.637. The first kappa shape index (κ1) is 14.5. The van der Waals surface area contributed by atoms with Crippen molar-refractivity contribution < 1.29 is 19.1 Å². The van der Waals surface area contributed by atoms with E-state index >= 15 is 0 Å². The molecule has 21 heavy (non-hydrogen) atoms. The maximum Gasteiger partial charge on any atom is 0.344 e. The highest BCUT2D eigenvalue weighted by Crippen LogP contribution is 2.17. The number of rotatable bonds is 4. The van der Waals surface area contributed by atoms with Gasteiger partial charge in [0.05, 0.1) is 18.2 Å². The fourth-order valence-corrected chi connectivity index (χ4v) is 1.78. The molecule has 0 aliphatic heterocycles. The molecule has 0 fully saturated rings. The molecule has 0 amide bonds. The van der Waals surface area contributed by atoms with Crippen LogP contribution in [0.25, 0.3) is 6.08 Å². The highest BCUT2D eigenvalue weighted by atomic mass is 16.5. The van der Waals surface area contributed by atoms with Gasteiger partial charge in [0.2, 0.25) is 0 Å². The first-order chi connectivity index (χ1) is 10.2. The van der Waals surface area contributed by atoms with Crippen LogP contribution in [0.1, 0.15) is 26.3 Å². The Labute approximate surface area is 122 Å². The molecule has 4 nitrogen and oxygen atoms in total. The summed E-state index contributed by atoms with van der Waals surface area (Å²) >= 11 is 0. The minimum absolute atomic E-state index is 0.164. The van der Waals surface area contributed by atoms with E-state index in [1.165, 1.54) is 19.2 Å². The highest BCUT2D eigenvalue weighted by Gasteiger charge is 2.18. The molecule has 106 valence electrons. The van der Waals surface area contributed by atoms with Crippen LogP contribution in [-0.4, -0.2) is 19.0 Å². The SMILES string of the molecule is C=Cc1ccc(OC(=O)c2ccccc2C(=O)OC)cc1. The molecular weight excluding hydrogens is 268 g/mol. The topological polar surface area (TPSA) is 52.6 Å². The summed E-state index contributed by atoms with van der Waals surface area (Å²) in [5.74, 6) is -0.794. The fourth-order valence-electron chi connectivity index (χ4n) is 1.78. The number of hydrogen-bond donors (Lipinski definition) is 0. The van der Waals surface area contributed by atoms with Gasteiger partial charge in [-0.25, -0.2) is 9.59 Å². The third-order valence-corrected chi connectivity index (χ3v) is 2.88. The summed E-state index contributed by atoms with van der Waals surface area (Å²) in [6.07, 6.45) is 1.69. The smallest absolute Gasteiger partial charge is 0.344 e. The number of carbonyl (C=O) groups is 2. The van der Waals surface area contributed by atoms with Gasteiger partial charge in [0.25, 0.3) is 0 Å². The molecule has 2 aromatic rings. The van der Waals surface area contributed by atoms with E-state index in [2.05, 4.69) is 11.3 Å². The standard InChI is InChI=1S/C17H14O4/c1-3-12-8-10-13(11-9-12)21-17(19)15-7-5-4-6-14(15)16(18)20-2/h3-11H,1H2,2H3. The van der Waals surface area contributed by atoms with Gasteiger partial charge in [-0.3, -0.25) is 0 Å². The summed E-state index contributed by atoms with van der Waals surface area (Å²) in [7, 11) is 1.26. The molecule has 0 aliphatic carbocycles. The molecule has 0 atom stereocenters. The fraction of sp³-hybridized carbons (Fsp3) is 0.0588. The summed E-state index contributed by atoms with van der Waals surface area (Å²) < 4.78 is 9.90. The molecule has 2 aromatic carbocycles. The Hall–Kier alpha value is -2.88. The molecule has 0 saturated heterocycles.